The van der Waals surface area contributed by atoms with Crippen LogP contribution in [0.25, 0.3) is 0 Å². The monoisotopic (exact) mass is 331 g/mol. The molecule has 0 saturated carbocycles. The lowest BCUT2D eigenvalue weighted by atomic mass is 10.1. The number of rotatable bonds is 3. The minimum absolute atomic E-state index is 0.185. The maximum atomic E-state index is 14.1. The van der Waals surface area contributed by atoms with Crippen LogP contribution in [0.15, 0.2) is 16.6 Å². The van der Waals surface area contributed by atoms with Crippen LogP contribution in [-0.4, -0.2) is 23.1 Å². The van der Waals surface area contributed by atoms with E-state index in [4.69, 9.17) is 18.0 Å². The predicted octanol–water partition coefficient (Wildman–Crippen LogP) is 3.04. The van der Waals surface area contributed by atoms with Crippen molar-refractivity contribution >= 4 is 38.8 Å². The molecule has 0 unspecified atom stereocenters. The van der Waals surface area contributed by atoms with Crippen molar-refractivity contribution in [2.45, 2.75) is 19.3 Å². The smallest absolute Gasteiger partial charge is 0.162 e. The van der Waals surface area contributed by atoms with Crippen LogP contribution in [-0.2, 0) is 0 Å². The van der Waals surface area contributed by atoms with E-state index in [-0.39, 0.29) is 10.8 Å². The molecule has 1 fully saturated rings. The Balaban J connectivity index is 2.18. The molecule has 0 radical (unpaired) electrons. The molecule has 1 aliphatic heterocycles. The number of anilines is 1. The van der Waals surface area contributed by atoms with Crippen LogP contribution in [0.5, 0.6) is 0 Å². The number of hydrazine groups is 1. The summed E-state index contributed by atoms with van der Waals surface area (Å²) in [6, 6.07) is 3.39. The van der Waals surface area contributed by atoms with E-state index >= 15 is 0 Å². The Hall–Kier alpha value is -0.720. The molecule has 1 heterocycles. The average molecular weight is 332 g/mol. The molecule has 3 N–H and O–H groups in total. The van der Waals surface area contributed by atoms with Crippen LogP contribution >= 0.6 is 28.1 Å². The molecule has 1 aromatic carbocycles. The van der Waals surface area contributed by atoms with Crippen LogP contribution < -0.4 is 11.2 Å². The molecule has 0 aromatic heterocycles. The van der Waals surface area contributed by atoms with Crippen molar-refractivity contribution in [1.29, 1.82) is 0 Å². The fraction of sp³-hybridized carbons (Fsp3) is 0.417. The van der Waals surface area contributed by atoms with Gasteiger partial charge in [-0.15, -0.1) is 0 Å². The number of nitrogens with zero attached hydrogens (tertiary/aromatic N) is 1. The quantitative estimate of drug-likeness (QED) is 0.835. The minimum Gasteiger partial charge on any atom is -0.389 e. The van der Waals surface area contributed by atoms with E-state index in [1.54, 1.807) is 12.1 Å². The van der Waals surface area contributed by atoms with Gasteiger partial charge < -0.3 is 11.2 Å². The Kier molecular flexibility index (Phi) is 4.53. The molecule has 6 heteroatoms. The highest BCUT2D eigenvalue weighted by atomic mass is 79.9. The Morgan fingerprint density at radius 3 is 2.61 bits per heavy atom. The van der Waals surface area contributed by atoms with E-state index in [1.807, 2.05) is 5.01 Å². The molecule has 18 heavy (non-hydrogen) atoms. The standard InChI is InChI=1S/C12H15BrFN3S/c13-10-8(12(15)18)4-5-9(11(10)14)16-17-6-2-1-3-7-17/h4-5,16H,1-3,6-7H2,(H2,15,18). The lowest BCUT2D eigenvalue weighted by molar-refractivity contribution is 0.272. The summed E-state index contributed by atoms with van der Waals surface area (Å²) < 4.78 is 14.4. The molecule has 0 aliphatic carbocycles. The molecule has 98 valence electrons. The Labute approximate surface area is 120 Å². The van der Waals surface area contributed by atoms with Crippen molar-refractivity contribution in [1.82, 2.24) is 5.01 Å². The molecular formula is C12H15BrFN3S. The lowest BCUT2D eigenvalue weighted by Gasteiger charge is -2.28. The number of nitrogens with one attached hydrogen (secondary N) is 1. The molecule has 0 atom stereocenters. The van der Waals surface area contributed by atoms with Gasteiger partial charge >= 0.3 is 0 Å². The summed E-state index contributed by atoms with van der Waals surface area (Å²) in [6.07, 6.45) is 3.52. The fourth-order valence-corrected chi connectivity index (χ4v) is 2.86. The second kappa shape index (κ2) is 5.95. The molecule has 0 bridgehead atoms. The predicted molar refractivity (Wildman–Crippen MR) is 79.0 cm³/mol. The van der Waals surface area contributed by atoms with Gasteiger partial charge in [-0.25, -0.2) is 9.40 Å². The van der Waals surface area contributed by atoms with Crippen LogP contribution in [0.2, 0.25) is 0 Å². The first kappa shape index (κ1) is 13.7. The van der Waals surface area contributed by atoms with Crippen molar-refractivity contribution in [2.75, 3.05) is 18.5 Å². The van der Waals surface area contributed by atoms with Crippen molar-refractivity contribution in [2.24, 2.45) is 5.73 Å². The topological polar surface area (TPSA) is 41.3 Å². The van der Waals surface area contributed by atoms with Gasteiger partial charge in [0.1, 0.15) is 4.99 Å². The molecule has 0 amide bonds. The number of thiocarbonyl (C=S) groups is 1. The number of hydrogen-bond donors (Lipinski definition) is 2. The highest BCUT2D eigenvalue weighted by Gasteiger charge is 2.16. The van der Waals surface area contributed by atoms with E-state index in [0.717, 1.165) is 25.9 Å². The highest BCUT2D eigenvalue weighted by Crippen LogP contribution is 2.27. The first-order chi connectivity index (χ1) is 8.59. The summed E-state index contributed by atoms with van der Waals surface area (Å²) in [5.41, 5.74) is 9.59. The largest absolute Gasteiger partial charge is 0.389 e. The van der Waals surface area contributed by atoms with E-state index in [0.29, 0.717) is 15.7 Å². The minimum atomic E-state index is -0.356. The molecule has 1 aliphatic rings. The van der Waals surface area contributed by atoms with Crippen molar-refractivity contribution in [3.05, 3.63) is 28.0 Å². The molecule has 2 rings (SSSR count). The number of nitrogens with two attached hydrogens (primary N) is 1. The second-order valence-electron chi connectivity index (χ2n) is 4.31. The van der Waals surface area contributed by atoms with Crippen molar-refractivity contribution in [3.8, 4) is 0 Å². The number of piperidine rings is 1. The SMILES string of the molecule is NC(=S)c1ccc(NN2CCCCC2)c(F)c1Br. The fourth-order valence-electron chi connectivity index (χ4n) is 2.00. The van der Waals surface area contributed by atoms with Crippen LogP contribution in [0.1, 0.15) is 24.8 Å². The lowest BCUT2D eigenvalue weighted by Crippen LogP contribution is -2.35. The van der Waals surface area contributed by atoms with Gasteiger partial charge in [0.15, 0.2) is 5.82 Å². The zero-order chi connectivity index (χ0) is 13.1. The highest BCUT2D eigenvalue weighted by molar-refractivity contribution is 9.10. The van der Waals surface area contributed by atoms with Crippen molar-refractivity contribution < 1.29 is 4.39 Å². The summed E-state index contributed by atoms with van der Waals surface area (Å²) in [5, 5.41) is 2.04. The van der Waals surface area contributed by atoms with Gasteiger partial charge in [-0.05, 0) is 40.9 Å². The maximum absolute atomic E-state index is 14.1. The average Bonchev–Trinajstić information content (AvgIpc) is 2.36. The third-order valence-corrected chi connectivity index (χ3v) is 3.98. The summed E-state index contributed by atoms with van der Waals surface area (Å²) in [4.78, 5) is 0.185. The summed E-state index contributed by atoms with van der Waals surface area (Å²) in [6.45, 7) is 1.88. The van der Waals surface area contributed by atoms with E-state index < -0.39 is 0 Å². The van der Waals surface area contributed by atoms with Gasteiger partial charge in [-0.1, -0.05) is 18.6 Å². The van der Waals surface area contributed by atoms with Crippen LogP contribution in [0.3, 0.4) is 0 Å². The Bertz CT molecular complexity index is 461. The number of halogens is 2. The van der Waals surface area contributed by atoms with Gasteiger partial charge in [-0.3, -0.25) is 0 Å². The molecule has 1 aromatic rings. The van der Waals surface area contributed by atoms with Crippen molar-refractivity contribution in [3.63, 3.8) is 0 Å². The first-order valence-corrected chi connectivity index (χ1v) is 7.09. The van der Waals surface area contributed by atoms with E-state index in [9.17, 15) is 4.39 Å². The van der Waals surface area contributed by atoms with Gasteiger partial charge in [0.2, 0.25) is 0 Å². The van der Waals surface area contributed by atoms with Gasteiger partial charge in [-0.2, -0.15) is 0 Å². The van der Waals surface area contributed by atoms with Crippen LogP contribution in [0, 0.1) is 5.82 Å². The first-order valence-electron chi connectivity index (χ1n) is 5.89. The van der Waals surface area contributed by atoms with Gasteiger partial charge in [0.05, 0.1) is 10.2 Å². The molecular weight excluding hydrogens is 317 g/mol. The number of hydrogen-bond acceptors (Lipinski definition) is 3. The summed E-state index contributed by atoms with van der Waals surface area (Å²) in [7, 11) is 0. The van der Waals surface area contributed by atoms with Gasteiger partial charge in [0, 0.05) is 18.7 Å². The normalized spacial score (nSPS) is 16.6. The Morgan fingerprint density at radius 2 is 2.00 bits per heavy atom. The number of benzene rings is 1. The zero-order valence-corrected chi connectivity index (χ0v) is 12.3. The maximum Gasteiger partial charge on any atom is 0.162 e. The third kappa shape index (κ3) is 2.99. The molecule has 1 saturated heterocycles. The summed E-state index contributed by atoms with van der Waals surface area (Å²) in [5.74, 6) is -0.356. The second-order valence-corrected chi connectivity index (χ2v) is 5.55. The molecule has 0 spiro atoms. The Morgan fingerprint density at radius 1 is 1.33 bits per heavy atom. The van der Waals surface area contributed by atoms with Gasteiger partial charge in [0.25, 0.3) is 0 Å². The van der Waals surface area contributed by atoms with E-state index in [1.165, 1.54) is 6.42 Å². The third-order valence-electron chi connectivity index (χ3n) is 2.98. The van der Waals surface area contributed by atoms with Crippen LogP contribution in [0.4, 0.5) is 10.1 Å². The summed E-state index contributed by atoms with van der Waals surface area (Å²) >= 11 is 8.06. The van der Waals surface area contributed by atoms with E-state index in [2.05, 4.69) is 21.4 Å². The molecule has 3 nitrogen and oxygen atoms in total. The zero-order valence-electron chi connectivity index (χ0n) is 9.88.